The number of H-pyrrole nitrogens is 1. The molecule has 0 saturated heterocycles. The van der Waals surface area contributed by atoms with Gasteiger partial charge in [0.25, 0.3) is 0 Å². The maximum atomic E-state index is 5.21. The van der Waals surface area contributed by atoms with Gasteiger partial charge in [-0.2, -0.15) is 0 Å². The zero-order chi connectivity index (χ0) is 11.7. The van der Waals surface area contributed by atoms with Gasteiger partial charge in [-0.15, -0.1) is 0 Å². The summed E-state index contributed by atoms with van der Waals surface area (Å²) in [5.74, 6) is 0. The number of nitrogens with one attached hydrogen (secondary N) is 1. The number of rotatable bonds is 1. The van der Waals surface area contributed by atoms with E-state index in [1.165, 1.54) is 0 Å². The van der Waals surface area contributed by atoms with Gasteiger partial charge in [0.15, 0.2) is 0 Å². The lowest BCUT2D eigenvalue weighted by Gasteiger charge is -2.02. The fourth-order valence-corrected chi connectivity index (χ4v) is 2.00. The molecule has 3 rings (SSSR count). The van der Waals surface area contributed by atoms with Crippen molar-refractivity contribution in [3.63, 3.8) is 0 Å². The van der Waals surface area contributed by atoms with E-state index < -0.39 is 0 Å². The van der Waals surface area contributed by atoms with Crippen LogP contribution >= 0.6 is 12.2 Å². The van der Waals surface area contributed by atoms with Crippen molar-refractivity contribution >= 4 is 23.1 Å². The fraction of sp³-hybridized carbons (Fsp3) is 0. The summed E-state index contributed by atoms with van der Waals surface area (Å²) < 4.78 is 0.629. The molecule has 0 fully saturated rings. The van der Waals surface area contributed by atoms with Gasteiger partial charge in [0.1, 0.15) is 10.3 Å². The van der Waals surface area contributed by atoms with Crippen molar-refractivity contribution in [1.29, 1.82) is 0 Å². The molecule has 3 aromatic rings. The Bertz CT molecular complexity index is 734. The zero-order valence-corrected chi connectivity index (χ0v) is 9.74. The summed E-state index contributed by atoms with van der Waals surface area (Å²) in [5, 5.41) is 1.09. The number of para-hydroxylation sites is 1. The molecule has 0 radical (unpaired) electrons. The van der Waals surface area contributed by atoms with Crippen molar-refractivity contribution in [1.82, 2.24) is 15.0 Å². The molecule has 82 valence electrons. The third-order valence-corrected chi connectivity index (χ3v) is 2.88. The lowest BCUT2D eigenvalue weighted by atomic mass is 10.1. The van der Waals surface area contributed by atoms with Crippen molar-refractivity contribution in [2.24, 2.45) is 0 Å². The van der Waals surface area contributed by atoms with Gasteiger partial charge >= 0.3 is 0 Å². The van der Waals surface area contributed by atoms with E-state index in [9.17, 15) is 0 Å². The largest absolute Gasteiger partial charge is 0.350 e. The first-order valence-corrected chi connectivity index (χ1v) is 5.64. The van der Waals surface area contributed by atoms with Gasteiger partial charge in [-0.05, 0) is 12.1 Å². The first-order valence-electron chi connectivity index (χ1n) is 5.23. The van der Waals surface area contributed by atoms with Crippen molar-refractivity contribution < 1.29 is 0 Å². The van der Waals surface area contributed by atoms with Crippen molar-refractivity contribution in [2.45, 2.75) is 0 Å². The Morgan fingerprint density at radius 1 is 1.12 bits per heavy atom. The van der Waals surface area contributed by atoms with Crippen molar-refractivity contribution in [3.05, 3.63) is 53.6 Å². The molecule has 0 atom stereocenters. The Balaban J connectivity index is 2.25. The molecule has 0 aliphatic rings. The van der Waals surface area contributed by atoms with Crippen molar-refractivity contribution in [3.8, 4) is 11.3 Å². The molecule has 2 aromatic heterocycles. The van der Waals surface area contributed by atoms with E-state index in [1.807, 2.05) is 30.3 Å². The lowest BCUT2D eigenvalue weighted by Crippen LogP contribution is -1.88. The van der Waals surface area contributed by atoms with Crippen LogP contribution < -0.4 is 0 Å². The highest BCUT2D eigenvalue weighted by molar-refractivity contribution is 7.71. The van der Waals surface area contributed by atoms with Crippen molar-refractivity contribution in [2.75, 3.05) is 0 Å². The van der Waals surface area contributed by atoms with Crippen LogP contribution in [-0.4, -0.2) is 15.0 Å². The van der Waals surface area contributed by atoms with Gasteiger partial charge in [-0.1, -0.05) is 30.4 Å². The summed E-state index contributed by atoms with van der Waals surface area (Å²) in [5.41, 5.74) is 2.67. The highest BCUT2D eigenvalue weighted by Gasteiger charge is 2.03. The maximum absolute atomic E-state index is 5.21. The van der Waals surface area contributed by atoms with Gasteiger partial charge in [0.2, 0.25) is 0 Å². The van der Waals surface area contributed by atoms with Crippen LogP contribution in [0.25, 0.3) is 22.2 Å². The molecule has 3 nitrogen and oxygen atoms in total. The molecule has 1 N–H and O–H groups in total. The average Bonchev–Trinajstić information content (AvgIpc) is 2.39. The molecule has 0 bridgehead atoms. The average molecular weight is 239 g/mol. The molecule has 17 heavy (non-hydrogen) atoms. The molecule has 0 aliphatic carbocycles. The van der Waals surface area contributed by atoms with E-state index in [-0.39, 0.29) is 0 Å². The normalized spacial score (nSPS) is 10.6. The molecule has 0 saturated carbocycles. The number of hydrogen-bond donors (Lipinski definition) is 1. The summed E-state index contributed by atoms with van der Waals surface area (Å²) in [6.07, 6.45) is 5.22. The Morgan fingerprint density at radius 3 is 2.88 bits per heavy atom. The predicted octanol–water partition coefficient (Wildman–Crippen LogP) is 3.35. The first-order chi connectivity index (χ1) is 8.34. The topological polar surface area (TPSA) is 41.6 Å². The van der Waals surface area contributed by atoms with Crippen LogP contribution in [0.1, 0.15) is 0 Å². The van der Waals surface area contributed by atoms with Gasteiger partial charge in [-0.3, -0.25) is 9.97 Å². The third kappa shape index (κ3) is 1.83. The summed E-state index contributed by atoms with van der Waals surface area (Å²) in [4.78, 5) is 11.6. The summed E-state index contributed by atoms with van der Waals surface area (Å²) >= 11 is 5.21. The molecular formula is C13H9N3S. The third-order valence-electron chi connectivity index (χ3n) is 2.57. The number of hydrogen-bond acceptors (Lipinski definition) is 3. The summed E-state index contributed by atoms with van der Waals surface area (Å²) in [6, 6.07) is 10.0. The SMILES string of the molecule is S=c1[nH]ccnc1-c1cnc2ccccc2c1. The molecule has 0 aliphatic heterocycles. The second kappa shape index (κ2) is 4.07. The van der Waals surface area contributed by atoms with Gasteiger partial charge < -0.3 is 4.98 Å². The quantitative estimate of drug-likeness (QED) is 0.662. The Kier molecular flexibility index (Phi) is 2.42. The molecule has 1 aromatic carbocycles. The van der Waals surface area contributed by atoms with Gasteiger partial charge in [0, 0.05) is 29.5 Å². The number of fused-ring (bicyclic) bond motifs is 1. The van der Waals surface area contributed by atoms with Crippen LogP contribution in [0.2, 0.25) is 0 Å². The molecule has 0 unspecified atom stereocenters. The monoisotopic (exact) mass is 239 g/mol. The molecule has 0 amide bonds. The summed E-state index contributed by atoms with van der Waals surface area (Å²) in [7, 11) is 0. The minimum absolute atomic E-state index is 0.629. The van der Waals surface area contributed by atoms with Crippen LogP contribution in [0, 0.1) is 4.64 Å². The van der Waals surface area contributed by atoms with Crippen LogP contribution in [0.5, 0.6) is 0 Å². The van der Waals surface area contributed by atoms with Crippen LogP contribution in [-0.2, 0) is 0 Å². The smallest absolute Gasteiger partial charge is 0.129 e. The van der Waals surface area contributed by atoms with Gasteiger partial charge in [-0.25, -0.2) is 0 Å². The minimum atomic E-state index is 0.629. The standard InChI is InChI=1S/C13H9N3S/c17-13-12(14-5-6-15-13)10-7-9-3-1-2-4-11(9)16-8-10/h1-8H,(H,15,17). The summed E-state index contributed by atoms with van der Waals surface area (Å²) in [6.45, 7) is 0. The minimum Gasteiger partial charge on any atom is -0.350 e. The van der Waals surface area contributed by atoms with E-state index in [1.54, 1.807) is 18.6 Å². The van der Waals surface area contributed by atoms with E-state index in [0.717, 1.165) is 22.2 Å². The lowest BCUT2D eigenvalue weighted by molar-refractivity contribution is 1.18. The number of nitrogens with zero attached hydrogens (tertiary/aromatic N) is 2. The highest BCUT2D eigenvalue weighted by Crippen LogP contribution is 2.20. The Hall–Kier alpha value is -2.07. The van der Waals surface area contributed by atoms with Gasteiger partial charge in [0.05, 0.1) is 5.52 Å². The predicted molar refractivity (Wildman–Crippen MR) is 70.2 cm³/mol. The fourth-order valence-electron chi connectivity index (χ4n) is 1.76. The van der Waals surface area contributed by atoms with Crippen LogP contribution in [0.4, 0.5) is 0 Å². The maximum Gasteiger partial charge on any atom is 0.129 e. The van der Waals surface area contributed by atoms with E-state index in [2.05, 4.69) is 15.0 Å². The van der Waals surface area contributed by atoms with E-state index in [4.69, 9.17) is 12.2 Å². The Morgan fingerprint density at radius 2 is 2.00 bits per heavy atom. The number of pyridine rings is 1. The molecular weight excluding hydrogens is 230 g/mol. The second-order valence-electron chi connectivity index (χ2n) is 3.68. The number of benzene rings is 1. The van der Waals surface area contributed by atoms with E-state index >= 15 is 0 Å². The molecule has 4 heteroatoms. The van der Waals surface area contributed by atoms with E-state index in [0.29, 0.717) is 4.64 Å². The second-order valence-corrected chi connectivity index (χ2v) is 4.09. The van der Waals surface area contributed by atoms with Crippen LogP contribution in [0.15, 0.2) is 48.9 Å². The number of aromatic nitrogens is 3. The molecule has 0 spiro atoms. The Labute approximate surface area is 103 Å². The molecule has 2 heterocycles. The first kappa shape index (κ1) is 10.1. The number of aromatic amines is 1. The highest BCUT2D eigenvalue weighted by atomic mass is 32.1. The van der Waals surface area contributed by atoms with Crippen LogP contribution in [0.3, 0.4) is 0 Å². The zero-order valence-electron chi connectivity index (χ0n) is 8.92.